The summed E-state index contributed by atoms with van der Waals surface area (Å²) in [6.07, 6.45) is 1.92. The maximum absolute atomic E-state index is 12.3. The van der Waals surface area contributed by atoms with Crippen LogP contribution in [0.1, 0.15) is 45.4 Å². The first-order chi connectivity index (χ1) is 10.7. The van der Waals surface area contributed by atoms with Crippen LogP contribution in [0.15, 0.2) is 11.4 Å². The first-order valence-electron chi connectivity index (χ1n) is 8.19. The van der Waals surface area contributed by atoms with Crippen LogP contribution in [0.4, 0.5) is 10.5 Å². The zero-order valence-corrected chi connectivity index (χ0v) is 15.5. The largest absolute Gasteiger partial charge is 0.444 e. The van der Waals surface area contributed by atoms with Gasteiger partial charge in [0.25, 0.3) is 0 Å². The van der Waals surface area contributed by atoms with Gasteiger partial charge in [0.15, 0.2) is 0 Å². The van der Waals surface area contributed by atoms with Gasteiger partial charge in [0.2, 0.25) is 0 Å². The molecule has 6 heteroatoms. The molecule has 0 aromatic carbocycles. The molecule has 1 aromatic rings. The van der Waals surface area contributed by atoms with E-state index in [1.807, 2.05) is 37.1 Å². The van der Waals surface area contributed by atoms with Crippen molar-refractivity contribution in [3.63, 3.8) is 0 Å². The van der Waals surface area contributed by atoms with Crippen molar-refractivity contribution in [3.05, 3.63) is 16.3 Å². The molecule has 0 bridgehead atoms. The average Bonchev–Trinajstić information content (AvgIpc) is 2.82. The predicted octanol–water partition coefficient (Wildman–Crippen LogP) is 3.46. The van der Waals surface area contributed by atoms with Gasteiger partial charge in [-0.25, -0.2) is 4.79 Å². The highest BCUT2D eigenvalue weighted by molar-refractivity contribution is 7.10. The summed E-state index contributed by atoms with van der Waals surface area (Å²) in [6.45, 7) is 11.1. The number of rotatable bonds is 4. The van der Waals surface area contributed by atoms with Crippen molar-refractivity contribution in [2.24, 2.45) is 5.41 Å². The summed E-state index contributed by atoms with van der Waals surface area (Å²) in [7, 11) is 0. The second-order valence-corrected chi connectivity index (χ2v) is 8.72. The number of carbonyl (C=O) groups excluding carboxylic acids is 1. The molecule has 130 valence electrons. The Labute approximate surface area is 143 Å². The summed E-state index contributed by atoms with van der Waals surface area (Å²) in [5.41, 5.74) is 6.39. The number of thiophene rings is 1. The molecule has 1 amide bonds. The van der Waals surface area contributed by atoms with Crippen LogP contribution in [-0.2, 0) is 11.3 Å². The number of amides is 1. The standard InChI is InChI=1S/C17H29N3O2S/c1-16(2,3)22-15(21)20-8-5-7-17(4,12-20)11-19-10-14-13(18)6-9-23-14/h6,9,19H,5,7-8,10-12,18H2,1-4H3. The van der Waals surface area contributed by atoms with E-state index in [1.54, 1.807) is 11.3 Å². The number of piperidine rings is 1. The minimum atomic E-state index is -0.445. The Balaban J connectivity index is 1.86. The van der Waals surface area contributed by atoms with Gasteiger partial charge in [0, 0.05) is 36.7 Å². The molecule has 1 fully saturated rings. The lowest BCUT2D eigenvalue weighted by atomic mass is 9.82. The van der Waals surface area contributed by atoms with Crippen LogP contribution in [0, 0.1) is 5.41 Å². The Morgan fingerprint density at radius 2 is 2.26 bits per heavy atom. The minimum Gasteiger partial charge on any atom is -0.444 e. The monoisotopic (exact) mass is 339 g/mol. The fraction of sp³-hybridized carbons (Fsp3) is 0.706. The molecule has 1 atom stereocenters. The lowest BCUT2D eigenvalue weighted by Gasteiger charge is -2.41. The molecule has 23 heavy (non-hydrogen) atoms. The van der Waals surface area contributed by atoms with Gasteiger partial charge in [0.1, 0.15) is 5.60 Å². The van der Waals surface area contributed by atoms with Crippen molar-refractivity contribution in [3.8, 4) is 0 Å². The number of carbonyl (C=O) groups is 1. The molecule has 0 saturated carbocycles. The molecule has 0 spiro atoms. The van der Waals surface area contributed by atoms with E-state index in [0.29, 0.717) is 0 Å². The van der Waals surface area contributed by atoms with E-state index in [-0.39, 0.29) is 11.5 Å². The number of likely N-dealkylation sites (tertiary alicyclic amines) is 1. The van der Waals surface area contributed by atoms with Crippen molar-refractivity contribution in [2.75, 3.05) is 25.4 Å². The Morgan fingerprint density at radius 1 is 1.52 bits per heavy atom. The maximum Gasteiger partial charge on any atom is 0.410 e. The third-order valence-corrected chi connectivity index (χ3v) is 4.99. The van der Waals surface area contributed by atoms with Crippen molar-refractivity contribution in [1.29, 1.82) is 0 Å². The summed E-state index contributed by atoms with van der Waals surface area (Å²) in [4.78, 5) is 15.3. The normalized spacial score (nSPS) is 22.2. The zero-order valence-electron chi connectivity index (χ0n) is 14.6. The van der Waals surface area contributed by atoms with Gasteiger partial charge in [-0.05, 0) is 50.5 Å². The maximum atomic E-state index is 12.3. The lowest BCUT2D eigenvalue weighted by molar-refractivity contribution is 0.00676. The Bertz CT molecular complexity index is 538. The van der Waals surface area contributed by atoms with Crippen LogP contribution in [0.2, 0.25) is 0 Å². The highest BCUT2D eigenvalue weighted by Crippen LogP contribution is 2.30. The van der Waals surface area contributed by atoms with Crippen LogP contribution in [-0.4, -0.2) is 36.2 Å². The topological polar surface area (TPSA) is 67.6 Å². The fourth-order valence-corrected chi connectivity index (χ4v) is 3.68. The predicted molar refractivity (Wildman–Crippen MR) is 95.6 cm³/mol. The number of nitrogens with one attached hydrogen (secondary N) is 1. The first kappa shape index (κ1) is 18.1. The van der Waals surface area contributed by atoms with Gasteiger partial charge in [-0.1, -0.05) is 6.92 Å². The van der Waals surface area contributed by atoms with Crippen molar-refractivity contribution < 1.29 is 9.53 Å². The molecule has 0 aliphatic carbocycles. The average molecular weight is 340 g/mol. The molecule has 1 aromatic heterocycles. The van der Waals surface area contributed by atoms with E-state index in [1.165, 1.54) is 4.88 Å². The number of nitrogens with two attached hydrogens (primary N) is 1. The van der Waals surface area contributed by atoms with Crippen molar-refractivity contribution >= 4 is 23.1 Å². The highest BCUT2D eigenvalue weighted by Gasteiger charge is 2.34. The van der Waals surface area contributed by atoms with Crippen molar-refractivity contribution in [1.82, 2.24) is 10.2 Å². The number of ether oxygens (including phenoxy) is 1. The summed E-state index contributed by atoms with van der Waals surface area (Å²) >= 11 is 1.67. The van der Waals surface area contributed by atoms with Gasteiger partial charge in [-0.15, -0.1) is 11.3 Å². The SMILES string of the molecule is CC1(CNCc2sccc2N)CCCN(C(=O)OC(C)(C)C)C1. The molecule has 3 N–H and O–H groups in total. The summed E-state index contributed by atoms with van der Waals surface area (Å²) in [5.74, 6) is 0. The Hall–Kier alpha value is -1.27. The zero-order chi connectivity index (χ0) is 17.1. The molecular formula is C17H29N3O2S. The quantitative estimate of drug-likeness (QED) is 0.881. The van der Waals surface area contributed by atoms with E-state index in [4.69, 9.17) is 10.5 Å². The van der Waals surface area contributed by atoms with Gasteiger partial charge >= 0.3 is 6.09 Å². The second-order valence-electron chi connectivity index (χ2n) is 7.72. The Morgan fingerprint density at radius 3 is 2.87 bits per heavy atom. The van der Waals surface area contributed by atoms with E-state index in [9.17, 15) is 4.79 Å². The summed E-state index contributed by atoms with van der Waals surface area (Å²) < 4.78 is 5.50. The van der Waals surface area contributed by atoms with Crippen LogP contribution >= 0.6 is 11.3 Å². The molecule has 0 radical (unpaired) electrons. The molecule has 2 rings (SSSR count). The molecule has 5 nitrogen and oxygen atoms in total. The number of nitrogens with zero attached hydrogens (tertiary/aromatic N) is 1. The smallest absolute Gasteiger partial charge is 0.410 e. The molecule has 1 aliphatic rings. The highest BCUT2D eigenvalue weighted by atomic mass is 32.1. The fourth-order valence-electron chi connectivity index (χ4n) is 2.91. The van der Waals surface area contributed by atoms with E-state index >= 15 is 0 Å². The third kappa shape index (κ3) is 5.39. The van der Waals surface area contributed by atoms with E-state index in [2.05, 4.69) is 12.2 Å². The number of anilines is 1. The molecular weight excluding hydrogens is 310 g/mol. The van der Waals surface area contributed by atoms with Crippen LogP contribution in [0.25, 0.3) is 0 Å². The second kappa shape index (κ2) is 7.09. The number of nitrogen functional groups attached to an aromatic ring is 1. The minimum absolute atomic E-state index is 0.0706. The number of hydrogen-bond acceptors (Lipinski definition) is 5. The number of hydrogen-bond donors (Lipinski definition) is 2. The van der Waals surface area contributed by atoms with Gasteiger partial charge in [-0.3, -0.25) is 0 Å². The first-order valence-corrected chi connectivity index (χ1v) is 9.07. The van der Waals surface area contributed by atoms with Crippen LogP contribution < -0.4 is 11.1 Å². The third-order valence-electron chi connectivity index (χ3n) is 4.05. The molecule has 1 aliphatic heterocycles. The van der Waals surface area contributed by atoms with E-state index in [0.717, 1.165) is 44.7 Å². The van der Waals surface area contributed by atoms with E-state index < -0.39 is 5.60 Å². The summed E-state index contributed by atoms with van der Waals surface area (Å²) in [5, 5.41) is 5.51. The molecule has 2 heterocycles. The van der Waals surface area contributed by atoms with Crippen LogP contribution in [0.3, 0.4) is 0 Å². The van der Waals surface area contributed by atoms with Crippen LogP contribution in [0.5, 0.6) is 0 Å². The summed E-state index contributed by atoms with van der Waals surface area (Å²) in [6, 6.07) is 1.94. The molecule has 1 unspecified atom stereocenters. The van der Waals surface area contributed by atoms with Crippen molar-refractivity contribution in [2.45, 2.75) is 52.7 Å². The Kier molecular flexibility index (Phi) is 5.57. The lowest BCUT2D eigenvalue weighted by Crippen LogP contribution is -2.50. The van der Waals surface area contributed by atoms with Gasteiger partial charge in [-0.2, -0.15) is 0 Å². The van der Waals surface area contributed by atoms with Gasteiger partial charge < -0.3 is 20.7 Å². The van der Waals surface area contributed by atoms with Gasteiger partial charge in [0.05, 0.1) is 0 Å². The molecule has 1 saturated heterocycles.